The number of urea groups is 1. The van der Waals surface area contributed by atoms with Gasteiger partial charge in [-0.3, -0.25) is 0 Å². The maximum absolute atomic E-state index is 11.8. The van der Waals surface area contributed by atoms with E-state index in [0.717, 1.165) is 19.3 Å². The van der Waals surface area contributed by atoms with E-state index in [9.17, 15) is 13.2 Å². The molecule has 0 aromatic rings. The zero-order chi connectivity index (χ0) is 12.9. The fraction of sp³-hybridized carbons (Fsp3) is 0.900. The van der Waals surface area contributed by atoms with Gasteiger partial charge < -0.3 is 4.90 Å². The molecule has 100 valence electrons. The van der Waals surface area contributed by atoms with E-state index in [1.165, 1.54) is 4.31 Å². The minimum Gasteiger partial charge on any atom is -0.324 e. The Morgan fingerprint density at radius 1 is 1.18 bits per heavy atom. The maximum atomic E-state index is 11.8. The van der Waals surface area contributed by atoms with E-state index < -0.39 is 16.2 Å². The molecule has 6 nitrogen and oxygen atoms in total. The Balaban J connectivity index is 2.60. The first-order chi connectivity index (χ1) is 8.01. The summed E-state index contributed by atoms with van der Waals surface area (Å²) < 4.78 is 27.0. The van der Waals surface area contributed by atoms with Crippen LogP contribution in [0.5, 0.6) is 0 Å². The highest BCUT2D eigenvalue weighted by Gasteiger charge is 2.25. The molecule has 0 aliphatic carbocycles. The molecule has 1 aliphatic rings. The lowest BCUT2D eigenvalue weighted by molar-refractivity contribution is 0.191. The van der Waals surface area contributed by atoms with E-state index in [-0.39, 0.29) is 0 Å². The molecule has 1 aliphatic heterocycles. The molecular formula is C10H21N3O3S. The largest absolute Gasteiger partial charge is 0.332 e. The molecule has 0 atom stereocenters. The van der Waals surface area contributed by atoms with E-state index >= 15 is 0 Å². The zero-order valence-electron chi connectivity index (χ0n) is 10.5. The molecule has 17 heavy (non-hydrogen) atoms. The Hall–Kier alpha value is -0.820. The van der Waals surface area contributed by atoms with Gasteiger partial charge in [-0.15, -0.1) is 0 Å². The molecule has 0 aromatic heterocycles. The summed E-state index contributed by atoms with van der Waals surface area (Å²) in [7, 11) is -3.68. The number of carbonyl (C=O) groups is 1. The van der Waals surface area contributed by atoms with Crippen molar-refractivity contribution in [3.8, 4) is 0 Å². The predicted octanol–water partition coefficient (Wildman–Crippen LogP) is 0.768. The van der Waals surface area contributed by atoms with Crippen molar-refractivity contribution in [1.29, 1.82) is 0 Å². The second-order valence-electron chi connectivity index (χ2n) is 4.04. The van der Waals surface area contributed by atoms with Crippen LogP contribution in [-0.4, -0.2) is 49.8 Å². The fourth-order valence-corrected chi connectivity index (χ4v) is 3.06. The van der Waals surface area contributed by atoms with Gasteiger partial charge in [0.2, 0.25) is 0 Å². The van der Waals surface area contributed by atoms with Crippen molar-refractivity contribution in [3.63, 3.8) is 0 Å². The fourth-order valence-electron chi connectivity index (χ4n) is 1.90. The van der Waals surface area contributed by atoms with Crippen LogP contribution in [0.1, 0.15) is 33.1 Å². The molecule has 0 saturated carbocycles. The smallest absolute Gasteiger partial charge is 0.324 e. The third-order valence-corrected chi connectivity index (χ3v) is 4.53. The number of amides is 2. The molecule has 1 rings (SSSR count). The Morgan fingerprint density at radius 2 is 1.71 bits per heavy atom. The second kappa shape index (κ2) is 6.20. The van der Waals surface area contributed by atoms with Gasteiger partial charge in [0.05, 0.1) is 0 Å². The summed E-state index contributed by atoms with van der Waals surface area (Å²) in [6.07, 6.45) is 2.99. The number of rotatable bonds is 4. The van der Waals surface area contributed by atoms with E-state index in [0.29, 0.717) is 26.2 Å². The highest BCUT2D eigenvalue weighted by molar-refractivity contribution is 7.87. The first-order valence-corrected chi connectivity index (χ1v) is 7.52. The van der Waals surface area contributed by atoms with E-state index in [1.54, 1.807) is 18.7 Å². The molecule has 0 radical (unpaired) electrons. The molecule has 0 aromatic carbocycles. The van der Waals surface area contributed by atoms with Gasteiger partial charge >= 0.3 is 16.2 Å². The average Bonchev–Trinajstić information content (AvgIpc) is 2.30. The number of piperidine rings is 1. The lowest BCUT2D eigenvalue weighted by Crippen LogP contribution is -2.50. The minimum absolute atomic E-state index is 0.360. The van der Waals surface area contributed by atoms with Crippen molar-refractivity contribution >= 4 is 16.2 Å². The highest BCUT2D eigenvalue weighted by atomic mass is 32.2. The third kappa shape index (κ3) is 3.85. The molecule has 0 spiro atoms. The summed E-state index contributed by atoms with van der Waals surface area (Å²) in [5.41, 5.74) is 0. The predicted molar refractivity (Wildman–Crippen MR) is 65.8 cm³/mol. The van der Waals surface area contributed by atoms with Crippen LogP contribution < -0.4 is 4.72 Å². The summed E-state index contributed by atoms with van der Waals surface area (Å²) in [6.45, 7) is 5.49. The minimum atomic E-state index is -3.68. The number of hydrogen-bond donors (Lipinski definition) is 1. The van der Waals surface area contributed by atoms with Crippen LogP contribution in [0.25, 0.3) is 0 Å². The Kier molecular flexibility index (Phi) is 5.20. The van der Waals surface area contributed by atoms with E-state index in [2.05, 4.69) is 4.72 Å². The van der Waals surface area contributed by atoms with Gasteiger partial charge in [0.1, 0.15) is 0 Å². The monoisotopic (exact) mass is 263 g/mol. The maximum Gasteiger partial charge on any atom is 0.332 e. The topological polar surface area (TPSA) is 69.7 Å². The molecule has 1 saturated heterocycles. The van der Waals surface area contributed by atoms with Crippen LogP contribution in [-0.2, 0) is 10.2 Å². The van der Waals surface area contributed by atoms with Gasteiger partial charge in [-0.05, 0) is 19.3 Å². The zero-order valence-corrected chi connectivity index (χ0v) is 11.3. The first-order valence-electron chi connectivity index (χ1n) is 6.08. The van der Waals surface area contributed by atoms with Crippen molar-refractivity contribution in [2.24, 2.45) is 0 Å². The van der Waals surface area contributed by atoms with Crippen molar-refractivity contribution in [3.05, 3.63) is 0 Å². The molecule has 2 amide bonds. The highest BCUT2D eigenvalue weighted by Crippen LogP contribution is 2.09. The van der Waals surface area contributed by atoms with Gasteiger partial charge in [-0.25, -0.2) is 9.52 Å². The van der Waals surface area contributed by atoms with Crippen molar-refractivity contribution < 1.29 is 13.2 Å². The van der Waals surface area contributed by atoms with Crippen molar-refractivity contribution in [2.45, 2.75) is 33.1 Å². The summed E-state index contributed by atoms with van der Waals surface area (Å²) in [6, 6.07) is -0.503. The molecule has 0 unspecified atom stereocenters. The standard InChI is InChI=1S/C10H21N3O3S/c1-3-13(4-2)17(15,16)11-10(14)12-8-6-5-7-9-12/h3-9H2,1-2H3,(H,11,14). The summed E-state index contributed by atoms with van der Waals surface area (Å²) in [4.78, 5) is 13.3. The molecule has 1 fully saturated rings. The number of likely N-dealkylation sites (tertiary alicyclic amines) is 1. The quantitative estimate of drug-likeness (QED) is 0.814. The van der Waals surface area contributed by atoms with Gasteiger partial charge in [-0.1, -0.05) is 13.8 Å². The Labute approximate surface area is 103 Å². The number of carbonyl (C=O) groups excluding carboxylic acids is 1. The van der Waals surface area contributed by atoms with Crippen LogP contribution >= 0.6 is 0 Å². The normalized spacial score (nSPS) is 17.2. The van der Waals surface area contributed by atoms with E-state index in [4.69, 9.17) is 0 Å². The van der Waals surface area contributed by atoms with Gasteiger partial charge in [0.15, 0.2) is 0 Å². The second-order valence-corrected chi connectivity index (χ2v) is 5.71. The molecule has 0 bridgehead atoms. The number of nitrogens with one attached hydrogen (secondary N) is 1. The van der Waals surface area contributed by atoms with Crippen LogP contribution in [0.4, 0.5) is 4.79 Å². The summed E-state index contributed by atoms with van der Waals surface area (Å²) in [5, 5.41) is 0. The molecule has 1 heterocycles. The Bertz CT molecular complexity index is 346. The molecular weight excluding hydrogens is 242 g/mol. The van der Waals surface area contributed by atoms with Crippen LogP contribution in [0.15, 0.2) is 0 Å². The van der Waals surface area contributed by atoms with Crippen LogP contribution in [0.2, 0.25) is 0 Å². The van der Waals surface area contributed by atoms with Gasteiger partial charge in [-0.2, -0.15) is 12.7 Å². The van der Waals surface area contributed by atoms with Crippen molar-refractivity contribution in [2.75, 3.05) is 26.2 Å². The molecule has 7 heteroatoms. The molecule has 1 N–H and O–H groups in total. The van der Waals surface area contributed by atoms with Gasteiger partial charge in [0, 0.05) is 26.2 Å². The number of nitrogens with zero attached hydrogens (tertiary/aromatic N) is 2. The third-order valence-electron chi connectivity index (χ3n) is 2.90. The average molecular weight is 263 g/mol. The van der Waals surface area contributed by atoms with Crippen molar-refractivity contribution in [1.82, 2.24) is 13.9 Å². The first kappa shape index (κ1) is 14.2. The summed E-state index contributed by atoms with van der Waals surface area (Å²) in [5.74, 6) is 0. The SMILES string of the molecule is CCN(CC)S(=O)(=O)NC(=O)N1CCCCC1. The van der Waals surface area contributed by atoms with Crippen LogP contribution in [0.3, 0.4) is 0 Å². The summed E-state index contributed by atoms with van der Waals surface area (Å²) >= 11 is 0. The lowest BCUT2D eigenvalue weighted by Gasteiger charge is -2.28. The van der Waals surface area contributed by atoms with Gasteiger partial charge in [0.25, 0.3) is 0 Å². The number of hydrogen-bond acceptors (Lipinski definition) is 3. The van der Waals surface area contributed by atoms with E-state index in [1.807, 2.05) is 0 Å². The lowest BCUT2D eigenvalue weighted by atomic mass is 10.1. The van der Waals surface area contributed by atoms with Crippen LogP contribution in [0, 0.1) is 0 Å². The Morgan fingerprint density at radius 3 is 2.18 bits per heavy atom.